The van der Waals surface area contributed by atoms with Crippen molar-refractivity contribution < 1.29 is 0 Å². The predicted molar refractivity (Wildman–Crippen MR) is 86.6 cm³/mol. The van der Waals surface area contributed by atoms with E-state index in [4.69, 9.17) is 0 Å². The number of halogens is 1. The van der Waals surface area contributed by atoms with E-state index in [-0.39, 0.29) is 17.9 Å². The van der Waals surface area contributed by atoms with E-state index in [9.17, 15) is 0 Å². The van der Waals surface area contributed by atoms with Crippen LogP contribution in [0.2, 0.25) is 0 Å². The molecule has 1 aromatic heterocycles. The summed E-state index contributed by atoms with van der Waals surface area (Å²) in [5.74, 6) is 0.846. The summed E-state index contributed by atoms with van der Waals surface area (Å²) in [6.45, 7) is 7.30. The number of fused-ring (bicyclic) bond motifs is 5. The summed E-state index contributed by atoms with van der Waals surface area (Å²) in [6, 6.07) is 8.78. The first-order chi connectivity index (χ1) is 9.18. The molecule has 2 aromatic rings. The Morgan fingerprint density at radius 1 is 1.30 bits per heavy atom. The summed E-state index contributed by atoms with van der Waals surface area (Å²) >= 11 is 0. The maximum Gasteiger partial charge on any atom is 0.0586 e. The Bertz CT molecular complexity index is 633. The van der Waals surface area contributed by atoms with E-state index in [0.29, 0.717) is 0 Å². The van der Waals surface area contributed by atoms with E-state index in [1.165, 1.54) is 48.9 Å². The molecule has 0 saturated carbocycles. The molecule has 1 N–H and O–H groups in total. The van der Waals surface area contributed by atoms with Gasteiger partial charge in [-0.1, -0.05) is 25.1 Å². The second-order valence-electron chi connectivity index (χ2n) is 6.64. The molecule has 2 unspecified atom stereocenters. The Morgan fingerprint density at radius 3 is 2.95 bits per heavy atom. The molecular weight excluding hydrogens is 268 g/mol. The first-order valence-corrected chi connectivity index (χ1v) is 7.53. The highest BCUT2D eigenvalue weighted by Crippen LogP contribution is 2.44. The van der Waals surface area contributed by atoms with Crippen molar-refractivity contribution in [1.82, 2.24) is 9.88 Å². The van der Waals surface area contributed by atoms with Crippen LogP contribution in [0.5, 0.6) is 0 Å². The molecule has 0 amide bonds. The van der Waals surface area contributed by atoms with Gasteiger partial charge in [-0.25, -0.2) is 0 Å². The van der Waals surface area contributed by atoms with Gasteiger partial charge in [0.1, 0.15) is 0 Å². The van der Waals surface area contributed by atoms with E-state index in [2.05, 4.69) is 48.0 Å². The van der Waals surface area contributed by atoms with E-state index in [1.807, 2.05) is 0 Å². The van der Waals surface area contributed by atoms with Gasteiger partial charge < -0.3 is 4.98 Å². The molecule has 2 aliphatic rings. The van der Waals surface area contributed by atoms with Crippen LogP contribution in [0.15, 0.2) is 24.3 Å². The lowest BCUT2D eigenvalue weighted by Gasteiger charge is -2.49. The first-order valence-electron chi connectivity index (χ1n) is 7.53. The third-order valence-electron chi connectivity index (χ3n) is 5.34. The fourth-order valence-electron chi connectivity index (χ4n) is 4.14. The minimum Gasteiger partial charge on any atom is -0.357 e. The van der Waals surface area contributed by atoms with Gasteiger partial charge in [0.25, 0.3) is 0 Å². The van der Waals surface area contributed by atoms with E-state index < -0.39 is 0 Å². The third kappa shape index (κ3) is 1.82. The van der Waals surface area contributed by atoms with Gasteiger partial charge in [0.2, 0.25) is 0 Å². The molecule has 0 radical (unpaired) electrons. The average Bonchev–Trinajstić information content (AvgIpc) is 2.80. The largest absolute Gasteiger partial charge is 0.357 e. The predicted octanol–water partition coefficient (Wildman–Crippen LogP) is 4.09. The van der Waals surface area contributed by atoms with E-state index in [0.717, 1.165) is 5.92 Å². The zero-order valence-corrected chi connectivity index (χ0v) is 13.1. The van der Waals surface area contributed by atoms with E-state index in [1.54, 1.807) is 5.56 Å². The molecule has 2 aliphatic heterocycles. The molecule has 1 fully saturated rings. The monoisotopic (exact) mass is 290 g/mol. The van der Waals surface area contributed by atoms with Crippen molar-refractivity contribution in [2.24, 2.45) is 5.92 Å². The molecule has 0 aliphatic carbocycles. The molecule has 1 aromatic carbocycles. The molecule has 3 heteroatoms. The van der Waals surface area contributed by atoms with E-state index >= 15 is 0 Å². The summed E-state index contributed by atoms with van der Waals surface area (Å²) in [7, 11) is 0. The Balaban J connectivity index is 0.00000121. The molecule has 108 valence electrons. The van der Waals surface area contributed by atoms with Crippen molar-refractivity contribution in [1.29, 1.82) is 0 Å². The highest BCUT2D eigenvalue weighted by molar-refractivity contribution is 5.85. The van der Waals surface area contributed by atoms with Crippen LogP contribution in [0, 0.1) is 5.92 Å². The molecule has 1 saturated heterocycles. The van der Waals surface area contributed by atoms with Crippen molar-refractivity contribution in [3.05, 3.63) is 35.5 Å². The van der Waals surface area contributed by atoms with Crippen LogP contribution in [0.4, 0.5) is 0 Å². The number of hydrogen-bond donors (Lipinski definition) is 1. The quantitative estimate of drug-likeness (QED) is 0.774. The minimum atomic E-state index is 0. The number of benzene rings is 1. The highest BCUT2D eigenvalue weighted by atomic mass is 35.5. The Hall–Kier alpha value is -0.990. The van der Waals surface area contributed by atoms with Crippen molar-refractivity contribution >= 4 is 23.3 Å². The molecule has 2 nitrogen and oxygen atoms in total. The van der Waals surface area contributed by atoms with Gasteiger partial charge in [0, 0.05) is 29.7 Å². The Labute approximate surface area is 127 Å². The number of nitrogens with one attached hydrogen (secondary N) is 1. The lowest BCUT2D eigenvalue weighted by atomic mass is 9.77. The van der Waals surface area contributed by atoms with Crippen LogP contribution in [0.25, 0.3) is 10.9 Å². The molecular formula is C17H23ClN2. The number of rotatable bonds is 0. The maximum absolute atomic E-state index is 3.73. The number of piperidine rings is 1. The summed E-state index contributed by atoms with van der Waals surface area (Å²) in [5.41, 5.74) is 4.61. The lowest BCUT2D eigenvalue weighted by molar-refractivity contribution is 0.0224. The van der Waals surface area contributed by atoms with Crippen LogP contribution in [-0.4, -0.2) is 23.0 Å². The van der Waals surface area contributed by atoms with Crippen molar-refractivity contribution in [2.75, 3.05) is 13.1 Å². The van der Waals surface area contributed by atoms with Gasteiger partial charge >= 0.3 is 0 Å². The fourth-order valence-corrected chi connectivity index (χ4v) is 4.14. The van der Waals surface area contributed by atoms with Crippen LogP contribution in [0.1, 0.15) is 37.9 Å². The highest BCUT2D eigenvalue weighted by Gasteiger charge is 2.43. The number of H-pyrrole nitrogens is 1. The lowest BCUT2D eigenvalue weighted by Crippen LogP contribution is -2.53. The minimum absolute atomic E-state index is 0. The van der Waals surface area contributed by atoms with Crippen LogP contribution in [-0.2, 0) is 12.0 Å². The molecule has 20 heavy (non-hydrogen) atoms. The van der Waals surface area contributed by atoms with Gasteiger partial charge in [-0.05, 0) is 43.7 Å². The molecule has 4 rings (SSSR count). The normalized spacial score (nSPS) is 29.6. The Morgan fingerprint density at radius 2 is 2.10 bits per heavy atom. The molecule has 2 atom stereocenters. The second kappa shape index (κ2) is 4.78. The third-order valence-corrected chi connectivity index (χ3v) is 5.34. The first kappa shape index (κ1) is 14.0. The smallest absolute Gasteiger partial charge is 0.0586 e. The maximum atomic E-state index is 3.73. The molecule has 0 bridgehead atoms. The zero-order valence-electron chi connectivity index (χ0n) is 12.3. The van der Waals surface area contributed by atoms with Gasteiger partial charge in [-0.15, -0.1) is 12.4 Å². The summed E-state index contributed by atoms with van der Waals surface area (Å²) in [6.07, 6.45) is 3.83. The van der Waals surface area contributed by atoms with Crippen LogP contribution >= 0.6 is 12.4 Å². The number of para-hydroxylation sites is 1. The summed E-state index contributed by atoms with van der Waals surface area (Å²) in [5, 5.41) is 1.44. The zero-order chi connectivity index (χ0) is 13.0. The Kier molecular flexibility index (Phi) is 3.34. The van der Waals surface area contributed by atoms with Crippen LogP contribution < -0.4 is 0 Å². The van der Waals surface area contributed by atoms with Gasteiger partial charge in [-0.2, -0.15) is 0 Å². The number of aromatic nitrogens is 1. The number of hydrogen-bond acceptors (Lipinski definition) is 1. The van der Waals surface area contributed by atoms with Crippen molar-refractivity contribution in [3.63, 3.8) is 0 Å². The van der Waals surface area contributed by atoms with Gasteiger partial charge in [0.15, 0.2) is 0 Å². The molecule has 0 spiro atoms. The average molecular weight is 291 g/mol. The van der Waals surface area contributed by atoms with Crippen molar-refractivity contribution in [3.8, 4) is 0 Å². The number of nitrogens with zero attached hydrogens (tertiary/aromatic N) is 1. The summed E-state index contributed by atoms with van der Waals surface area (Å²) < 4.78 is 0. The standard InChI is InChI=1S/C17H22N2.ClH/c1-12-7-9-17(2)16-14(8-10-19(17)11-12)13-5-3-4-6-15(13)18-16;/h3-6,12,18H,7-11H2,1-2H3;1H. The number of aromatic amines is 1. The van der Waals surface area contributed by atoms with Crippen molar-refractivity contribution in [2.45, 2.75) is 38.6 Å². The topological polar surface area (TPSA) is 19.0 Å². The molecule has 3 heterocycles. The second-order valence-corrected chi connectivity index (χ2v) is 6.64. The SMILES string of the molecule is CC1CCC2(C)c3[nH]c4ccccc4c3CCN2C1.Cl. The van der Waals surface area contributed by atoms with Gasteiger partial charge in [0.05, 0.1) is 5.54 Å². The summed E-state index contributed by atoms with van der Waals surface area (Å²) in [4.78, 5) is 6.44. The van der Waals surface area contributed by atoms with Gasteiger partial charge in [-0.3, -0.25) is 4.90 Å². The fraction of sp³-hybridized carbons (Fsp3) is 0.529. The van der Waals surface area contributed by atoms with Crippen LogP contribution in [0.3, 0.4) is 0 Å².